The van der Waals surface area contributed by atoms with Crippen molar-refractivity contribution in [2.45, 2.75) is 0 Å². The van der Waals surface area contributed by atoms with Crippen LogP contribution < -0.4 is 39.7 Å². The van der Waals surface area contributed by atoms with Crippen LogP contribution in [0.15, 0.2) is 29.5 Å². The summed E-state index contributed by atoms with van der Waals surface area (Å²) in [5.74, 6) is 0. The maximum atomic E-state index is 10.3. The van der Waals surface area contributed by atoms with E-state index in [2.05, 4.69) is 10.5 Å². The third-order valence-corrected chi connectivity index (χ3v) is 1.47. The first-order chi connectivity index (χ1) is 6.20. The van der Waals surface area contributed by atoms with E-state index in [4.69, 9.17) is 5.73 Å². The summed E-state index contributed by atoms with van der Waals surface area (Å²) in [6.07, 6.45) is 3.40. The number of hydrazone groups is 1. The summed E-state index contributed by atoms with van der Waals surface area (Å²) < 4.78 is 1.87. The second-order valence-corrected chi connectivity index (χ2v) is 2.47. The summed E-state index contributed by atoms with van der Waals surface area (Å²) in [6, 6.07) is 4.98. The lowest BCUT2D eigenvalue weighted by atomic mass is 10.4. The molecular formula is C8H11IN4O. The Kier molecular flexibility index (Phi) is 5.77. The number of nitrogens with zero attached hydrogens (tertiary/aromatic N) is 2. The highest BCUT2D eigenvalue weighted by molar-refractivity contribution is 5.78. The zero-order valence-corrected chi connectivity index (χ0v) is 9.80. The molecule has 0 fully saturated rings. The first-order valence-corrected chi connectivity index (χ1v) is 3.73. The van der Waals surface area contributed by atoms with Gasteiger partial charge in [0, 0.05) is 12.1 Å². The Bertz CT molecular complexity index is 340. The quantitative estimate of drug-likeness (QED) is 0.253. The fourth-order valence-corrected chi connectivity index (χ4v) is 0.833. The van der Waals surface area contributed by atoms with E-state index in [1.807, 2.05) is 36.0 Å². The smallest absolute Gasteiger partial charge is 0.332 e. The molecule has 0 bridgehead atoms. The van der Waals surface area contributed by atoms with Crippen molar-refractivity contribution >= 4 is 12.2 Å². The third kappa shape index (κ3) is 4.17. The molecule has 1 rings (SSSR count). The van der Waals surface area contributed by atoms with Crippen LogP contribution in [0.5, 0.6) is 0 Å². The molecule has 1 aromatic heterocycles. The fraction of sp³-hybridized carbons (Fsp3) is 0.125. The van der Waals surface area contributed by atoms with Gasteiger partial charge in [-0.1, -0.05) is 0 Å². The molecule has 1 heterocycles. The second kappa shape index (κ2) is 6.30. The summed E-state index contributed by atoms with van der Waals surface area (Å²) in [5.41, 5.74) is 7.81. The number of hydrogen-bond donors (Lipinski definition) is 2. The van der Waals surface area contributed by atoms with E-state index in [1.54, 1.807) is 0 Å². The predicted octanol–water partition coefficient (Wildman–Crippen LogP) is -3.48. The Morgan fingerprint density at radius 2 is 2.36 bits per heavy atom. The zero-order valence-electron chi connectivity index (χ0n) is 7.64. The average molecular weight is 306 g/mol. The monoisotopic (exact) mass is 306 g/mol. The number of carbonyl (C=O) groups excluding carboxylic acids is 1. The van der Waals surface area contributed by atoms with Crippen LogP contribution in [0.2, 0.25) is 0 Å². The van der Waals surface area contributed by atoms with E-state index in [0.29, 0.717) is 0 Å². The number of aromatic nitrogens is 1. The van der Waals surface area contributed by atoms with Crippen LogP contribution in [0.25, 0.3) is 0 Å². The average Bonchev–Trinajstić information content (AvgIpc) is 2.08. The van der Waals surface area contributed by atoms with Crippen molar-refractivity contribution in [3.05, 3.63) is 30.1 Å². The number of hydrogen-bond acceptors (Lipinski definition) is 2. The van der Waals surface area contributed by atoms with Gasteiger partial charge in [-0.25, -0.2) is 14.8 Å². The van der Waals surface area contributed by atoms with Gasteiger partial charge >= 0.3 is 6.03 Å². The van der Waals surface area contributed by atoms with Gasteiger partial charge < -0.3 is 29.7 Å². The highest BCUT2D eigenvalue weighted by atomic mass is 127. The Hall–Kier alpha value is -1.18. The van der Waals surface area contributed by atoms with Gasteiger partial charge in [0.15, 0.2) is 6.20 Å². The lowest BCUT2D eigenvalue weighted by Crippen LogP contribution is -3.00. The van der Waals surface area contributed by atoms with Crippen LogP contribution in [0.1, 0.15) is 5.69 Å². The van der Waals surface area contributed by atoms with Gasteiger partial charge in [-0.05, 0) is 6.07 Å². The molecule has 5 nitrogen and oxygen atoms in total. The number of nitrogens with one attached hydrogen (secondary N) is 1. The topological polar surface area (TPSA) is 71.4 Å². The lowest BCUT2D eigenvalue weighted by Gasteiger charge is -1.92. The van der Waals surface area contributed by atoms with Crippen LogP contribution >= 0.6 is 0 Å². The number of carbonyl (C=O) groups is 1. The normalized spacial score (nSPS) is 9.50. The second-order valence-electron chi connectivity index (χ2n) is 2.47. The van der Waals surface area contributed by atoms with E-state index in [9.17, 15) is 4.79 Å². The van der Waals surface area contributed by atoms with Crippen molar-refractivity contribution in [1.29, 1.82) is 0 Å². The molecule has 0 spiro atoms. The van der Waals surface area contributed by atoms with Crippen molar-refractivity contribution < 1.29 is 33.3 Å². The van der Waals surface area contributed by atoms with E-state index < -0.39 is 6.03 Å². The summed E-state index contributed by atoms with van der Waals surface area (Å²) in [6.45, 7) is 0. The number of rotatable bonds is 2. The number of pyridine rings is 1. The predicted molar refractivity (Wildman–Crippen MR) is 47.9 cm³/mol. The van der Waals surface area contributed by atoms with Crippen molar-refractivity contribution in [1.82, 2.24) is 5.43 Å². The molecule has 0 saturated heterocycles. The Balaban J connectivity index is 0.00000169. The standard InChI is InChI=1S/C8H10N4O.HI/c1-12-5-3-2-4-7(12)6-10-11-8(9)13;/h2-6H,1H3,(H2,9,13);1H. The van der Waals surface area contributed by atoms with E-state index in [0.717, 1.165) is 5.69 Å². The molecule has 0 atom stereocenters. The first kappa shape index (κ1) is 12.8. The van der Waals surface area contributed by atoms with E-state index in [-0.39, 0.29) is 24.0 Å². The van der Waals surface area contributed by atoms with Crippen LogP contribution in [-0.4, -0.2) is 12.2 Å². The Labute approximate surface area is 99.0 Å². The molecule has 2 amide bonds. The maximum Gasteiger partial charge on any atom is 0.332 e. The number of primary amides is 1. The van der Waals surface area contributed by atoms with E-state index >= 15 is 0 Å². The van der Waals surface area contributed by atoms with Crippen LogP contribution in [0, 0.1) is 0 Å². The summed E-state index contributed by atoms with van der Waals surface area (Å²) in [5, 5.41) is 3.63. The molecule has 0 aliphatic carbocycles. The zero-order chi connectivity index (χ0) is 9.68. The van der Waals surface area contributed by atoms with Gasteiger partial charge in [0.25, 0.3) is 0 Å². The molecular weight excluding hydrogens is 295 g/mol. The van der Waals surface area contributed by atoms with Crippen LogP contribution in [0.3, 0.4) is 0 Å². The van der Waals surface area contributed by atoms with Gasteiger partial charge in [-0.15, -0.1) is 0 Å². The summed E-state index contributed by atoms with van der Waals surface area (Å²) in [4.78, 5) is 10.3. The van der Waals surface area contributed by atoms with Gasteiger partial charge in [-0.3, -0.25) is 0 Å². The number of nitrogens with two attached hydrogens (primary N) is 1. The fourth-order valence-electron chi connectivity index (χ4n) is 0.833. The minimum Gasteiger partial charge on any atom is -1.00 e. The number of amides is 2. The minimum atomic E-state index is -0.671. The van der Waals surface area contributed by atoms with Gasteiger partial charge in [0.1, 0.15) is 13.3 Å². The molecule has 6 heteroatoms. The molecule has 1 aromatic rings. The Morgan fingerprint density at radius 3 is 2.93 bits per heavy atom. The van der Waals surface area contributed by atoms with Crippen molar-refractivity contribution in [3.63, 3.8) is 0 Å². The lowest BCUT2D eigenvalue weighted by molar-refractivity contribution is -0.672. The molecule has 14 heavy (non-hydrogen) atoms. The molecule has 0 saturated carbocycles. The number of urea groups is 1. The highest BCUT2D eigenvalue weighted by Gasteiger charge is 1.99. The van der Waals surface area contributed by atoms with Gasteiger partial charge in [0.2, 0.25) is 5.69 Å². The summed E-state index contributed by atoms with van der Waals surface area (Å²) >= 11 is 0. The number of halogens is 1. The van der Waals surface area contributed by atoms with Crippen molar-refractivity contribution in [2.75, 3.05) is 0 Å². The largest absolute Gasteiger partial charge is 1.00 e. The SMILES string of the molecule is C[n+]1ccccc1C=NNC(N)=O.[I-]. The molecule has 3 N–H and O–H groups in total. The molecule has 0 aromatic carbocycles. The molecule has 0 unspecified atom stereocenters. The molecule has 0 aliphatic heterocycles. The number of aryl methyl sites for hydroxylation is 1. The first-order valence-electron chi connectivity index (χ1n) is 3.73. The Morgan fingerprint density at radius 1 is 1.64 bits per heavy atom. The van der Waals surface area contributed by atoms with E-state index in [1.165, 1.54) is 6.21 Å². The van der Waals surface area contributed by atoms with Gasteiger partial charge in [0.05, 0.1) is 0 Å². The minimum absolute atomic E-state index is 0. The summed E-state index contributed by atoms with van der Waals surface area (Å²) in [7, 11) is 1.88. The molecule has 76 valence electrons. The van der Waals surface area contributed by atoms with Crippen LogP contribution in [-0.2, 0) is 7.05 Å². The molecule has 0 radical (unpaired) electrons. The molecule has 0 aliphatic rings. The van der Waals surface area contributed by atoms with Crippen LogP contribution in [0.4, 0.5) is 4.79 Å². The highest BCUT2D eigenvalue weighted by Crippen LogP contribution is 1.84. The maximum absolute atomic E-state index is 10.3. The van der Waals surface area contributed by atoms with Crippen molar-refractivity contribution in [2.24, 2.45) is 17.9 Å². The third-order valence-electron chi connectivity index (χ3n) is 1.47. The van der Waals surface area contributed by atoms with Gasteiger partial charge in [-0.2, -0.15) is 5.10 Å². The van der Waals surface area contributed by atoms with Crippen molar-refractivity contribution in [3.8, 4) is 0 Å².